The average molecular weight is 300 g/mol. The topological polar surface area (TPSA) is 73.1 Å². The number of amides is 1. The average Bonchev–Trinajstić information content (AvgIpc) is 2.52. The Bertz CT molecular complexity index is 552. The third-order valence-corrected chi connectivity index (χ3v) is 3.47. The number of rotatable bonds is 8. The van der Waals surface area contributed by atoms with Crippen molar-refractivity contribution >= 4 is 12.0 Å². The minimum absolute atomic E-state index is 0.243. The first kappa shape index (κ1) is 17.9. The van der Waals surface area contributed by atoms with Crippen molar-refractivity contribution in [1.29, 1.82) is 5.26 Å². The van der Waals surface area contributed by atoms with Crippen LogP contribution >= 0.6 is 0 Å². The molecule has 0 aromatic heterocycles. The van der Waals surface area contributed by atoms with E-state index in [1.165, 1.54) is 6.08 Å². The lowest BCUT2D eigenvalue weighted by Gasteiger charge is -2.27. The molecule has 1 aromatic carbocycles. The molecule has 0 aliphatic carbocycles. The van der Waals surface area contributed by atoms with E-state index in [2.05, 4.69) is 11.4 Å². The molecule has 0 fully saturated rings. The molecule has 0 aliphatic rings. The molecule has 0 heterocycles. The summed E-state index contributed by atoms with van der Waals surface area (Å²) in [5.74, 6) is -0.243. The van der Waals surface area contributed by atoms with E-state index in [0.717, 1.165) is 18.4 Å². The van der Waals surface area contributed by atoms with Crippen LogP contribution in [0.25, 0.3) is 6.08 Å². The van der Waals surface area contributed by atoms with Gasteiger partial charge in [-0.3, -0.25) is 4.79 Å². The molecular formula is C18H24N2O2. The summed E-state index contributed by atoms with van der Waals surface area (Å²) in [5, 5.41) is 22.0. The Morgan fingerprint density at radius 3 is 2.64 bits per heavy atom. The summed E-state index contributed by atoms with van der Waals surface area (Å²) in [6.07, 6.45) is 6.19. The molecule has 0 spiro atoms. The van der Waals surface area contributed by atoms with Crippen LogP contribution in [0.5, 0.6) is 0 Å². The molecule has 22 heavy (non-hydrogen) atoms. The SMILES string of the molecule is CCCC(O)(CCC)CNC(=O)C=Cc1cccc(C#N)c1. The van der Waals surface area contributed by atoms with Crippen LogP contribution in [0.2, 0.25) is 0 Å². The molecule has 1 rings (SSSR count). The quantitative estimate of drug-likeness (QED) is 0.725. The van der Waals surface area contributed by atoms with E-state index in [9.17, 15) is 9.90 Å². The van der Waals surface area contributed by atoms with E-state index < -0.39 is 5.60 Å². The summed E-state index contributed by atoms with van der Waals surface area (Å²) in [4.78, 5) is 11.9. The number of nitrogens with zero attached hydrogens (tertiary/aromatic N) is 1. The van der Waals surface area contributed by atoms with E-state index in [1.807, 2.05) is 19.9 Å². The van der Waals surface area contributed by atoms with E-state index >= 15 is 0 Å². The van der Waals surface area contributed by atoms with E-state index in [4.69, 9.17) is 5.26 Å². The van der Waals surface area contributed by atoms with Crippen LogP contribution in [0.4, 0.5) is 0 Å². The molecule has 1 aromatic rings. The number of nitrogens with one attached hydrogen (secondary N) is 1. The first-order chi connectivity index (χ1) is 10.5. The smallest absolute Gasteiger partial charge is 0.244 e. The van der Waals surface area contributed by atoms with Gasteiger partial charge in [0.25, 0.3) is 0 Å². The van der Waals surface area contributed by atoms with Crippen molar-refractivity contribution in [1.82, 2.24) is 5.32 Å². The largest absolute Gasteiger partial charge is 0.388 e. The third kappa shape index (κ3) is 6.11. The predicted octanol–water partition coefficient (Wildman–Crippen LogP) is 3.02. The van der Waals surface area contributed by atoms with Crippen LogP contribution in [0.15, 0.2) is 30.3 Å². The number of nitriles is 1. The molecule has 4 heteroatoms. The lowest BCUT2D eigenvalue weighted by atomic mass is 9.92. The van der Waals surface area contributed by atoms with Gasteiger partial charge in [-0.2, -0.15) is 5.26 Å². The second-order valence-corrected chi connectivity index (χ2v) is 5.51. The lowest BCUT2D eigenvalue weighted by molar-refractivity contribution is -0.117. The molecule has 0 radical (unpaired) electrons. The number of aliphatic hydroxyl groups is 1. The highest BCUT2D eigenvalue weighted by Gasteiger charge is 2.24. The van der Waals surface area contributed by atoms with Crippen molar-refractivity contribution in [3.05, 3.63) is 41.5 Å². The maximum absolute atomic E-state index is 11.9. The van der Waals surface area contributed by atoms with Crippen molar-refractivity contribution in [2.45, 2.75) is 45.1 Å². The van der Waals surface area contributed by atoms with Gasteiger partial charge in [-0.25, -0.2) is 0 Å². The van der Waals surface area contributed by atoms with Crippen LogP contribution in [-0.2, 0) is 4.79 Å². The number of carbonyl (C=O) groups excluding carboxylic acids is 1. The second-order valence-electron chi connectivity index (χ2n) is 5.51. The lowest BCUT2D eigenvalue weighted by Crippen LogP contribution is -2.42. The number of hydrogen-bond donors (Lipinski definition) is 2. The number of hydrogen-bond acceptors (Lipinski definition) is 3. The number of carbonyl (C=O) groups is 1. The summed E-state index contributed by atoms with van der Waals surface area (Å²) in [5.41, 5.74) is 0.530. The highest BCUT2D eigenvalue weighted by Crippen LogP contribution is 2.18. The molecule has 0 aliphatic heterocycles. The monoisotopic (exact) mass is 300 g/mol. The Morgan fingerprint density at radius 1 is 1.36 bits per heavy atom. The Kier molecular flexibility index (Phi) is 7.34. The molecule has 118 valence electrons. The summed E-state index contributed by atoms with van der Waals surface area (Å²) in [6.45, 7) is 4.30. The van der Waals surface area contributed by atoms with Gasteiger partial charge in [0, 0.05) is 12.6 Å². The zero-order chi connectivity index (χ0) is 16.4. The van der Waals surface area contributed by atoms with Crippen molar-refractivity contribution in [2.75, 3.05) is 6.54 Å². The fraction of sp³-hybridized carbons (Fsp3) is 0.444. The molecule has 0 unspecified atom stereocenters. The van der Waals surface area contributed by atoms with Gasteiger partial charge in [0.15, 0.2) is 0 Å². The highest BCUT2D eigenvalue weighted by molar-refractivity contribution is 5.91. The van der Waals surface area contributed by atoms with Crippen molar-refractivity contribution in [3.8, 4) is 6.07 Å². The van der Waals surface area contributed by atoms with Crippen molar-refractivity contribution in [2.24, 2.45) is 0 Å². The van der Waals surface area contributed by atoms with Crippen molar-refractivity contribution < 1.29 is 9.90 Å². The van der Waals surface area contributed by atoms with Crippen LogP contribution in [-0.4, -0.2) is 23.2 Å². The maximum atomic E-state index is 11.9. The van der Waals surface area contributed by atoms with Gasteiger partial charge in [0.2, 0.25) is 5.91 Å². The van der Waals surface area contributed by atoms with Crippen LogP contribution in [0.3, 0.4) is 0 Å². The summed E-state index contributed by atoms with van der Waals surface area (Å²) in [6, 6.07) is 9.10. The van der Waals surface area contributed by atoms with Crippen LogP contribution < -0.4 is 5.32 Å². The van der Waals surface area contributed by atoms with E-state index in [0.29, 0.717) is 18.4 Å². The van der Waals surface area contributed by atoms with Gasteiger partial charge in [0.05, 0.1) is 17.2 Å². The zero-order valence-corrected chi connectivity index (χ0v) is 13.3. The van der Waals surface area contributed by atoms with Gasteiger partial charge in [-0.1, -0.05) is 38.8 Å². The summed E-state index contributed by atoms with van der Waals surface area (Å²) < 4.78 is 0. The van der Waals surface area contributed by atoms with E-state index in [1.54, 1.807) is 24.3 Å². The zero-order valence-electron chi connectivity index (χ0n) is 13.3. The van der Waals surface area contributed by atoms with E-state index in [-0.39, 0.29) is 12.5 Å². The molecule has 0 saturated heterocycles. The van der Waals surface area contributed by atoms with Gasteiger partial charge in [0.1, 0.15) is 0 Å². The fourth-order valence-electron chi connectivity index (χ4n) is 2.43. The minimum Gasteiger partial charge on any atom is -0.388 e. The molecule has 0 bridgehead atoms. The first-order valence-electron chi connectivity index (χ1n) is 7.71. The highest BCUT2D eigenvalue weighted by atomic mass is 16.3. The van der Waals surface area contributed by atoms with Crippen LogP contribution in [0.1, 0.15) is 50.7 Å². The Balaban J connectivity index is 2.58. The summed E-state index contributed by atoms with van der Waals surface area (Å²) >= 11 is 0. The Labute approximate surface area is 132 Å². The first-order valence-corrected chi connectivity index (χ1v) is 7.71. The normalized spacial score (nSPS) is 11.4. The number of benzene rings is 1. The minimum atomic E-state index is -0.826. The van der Waals surface area contributed by atoms with Gasteiger partial charge >= 0.3 is 0 Å². The summed E-state index contributed by atoms with van der Waals surface area (Å²) in [7, 11) is 0. The van der Waals surface area contributed by atoms with Gasteiger partial charge < -0.3 is 10.4 Å². The molecule has 1 amide bonds. The Morgan fingerprint density at radius 2 is 2.05 bits per heavy atom. The fourth-order valence-corrected chi connectivity index (χ4v) is 2.43. The standard InChI is InChI=1S/C18H24N2O2/c1-3-10-18(22,11-4-2)14-20-17(21)9-8-15-6-5-7-16(12-15)13-19/h5-9,12,22H,3-4,10-11,14H2,1-2H3,(H,20,21). The molecule has 2 N–H and O–H groups in total. The Hall–Kier alpha value is -2.12. The third-order valence-electron chi connectivity index (χ3n) is 3.47. The molecular weight excluding hydrogens is 276 g/mol. The van der Waals surface area contributed by atoms with Gasteiger partial charge in [-0.15, -0.1) is 0 Å². The van der Waals surface area contributed by atoms with Crippen molar-refractivity contribution in [3.63, 3.8) is 0 Å². The second kappa shape index (κ2) is 9.01. The maximum Gasteiger partial charge on any atom is 0.244 e. The molecule has 0 saturated carbocycles. The molecule has 4 nitrogen and oxygen atoms in total. The molecule has 0 atom stereocenters. The van der Waals surface area contributed by atoms with Gasteiger partial charge in [-0.05, 0) is 36.6 Å². The predicted molar refractivity (Wildman–Crippen MR) is 88.0 cm³/mol. The van der Waals surface area contributed by atoms with Crippen LogP contribution in [0, 0.1) is 11.3 Å².